The van der Waals surface area contributed by atoms with E-state index in [-0.39, 0.29) is 50.6 Å². The van der Waals surface area contributed by atoms with Crippen LogP contribution in [-0.4, -0.2) is 101 Å². The Balaban J connectivity index is 1.46. The van der Waals surface area contributed by atoms with E-state index in [1.807, 2.05) is 0 Å². The highest BCUT2D eigenvalue weighted by molar-refractivity contribution is 7.88. The normalized spacial score (nSPS) is 23.8. The third-order valence-corrected chi connectivity index (χ3v) is 9.12. The predicted molar refractivity (Wildman–Crippen MR) is 131 cm³/mol. The van der Waals surface area contributed by atoms with Gasteiger partial charge in [0.05, 0.1) is 12.3 Å². The Morgan fingerprint density at radius 3 is 2.38 bits per heavy atom. The number of guanidine groups is 1. The number of carboxylic acids is 1. The summed E-state index contributed by atoms with van der Waals surface area (Å²) in [5, 5.41) is 19.6. The smallest absolute Gasteiger partial charge is 0.374 e. The number of fused-ring (bicyclic) bond motifs is 1. The second-order valence-electron chi connectivity index (χ2n) is 9.66. The second kappa shape index (κ2) is 10.1. The number of nitrogens with two attached hydrogens (primary N) is 1. The number of hydrogen-bond donors (Lipinski definition) is 4. The van der Waals surface area contributed by atoms with Crippen molar-refractivity contribution in [3.05, 3.63) is 35.9 Å². The highest BCUT2D eigenvalue weighted by Gasteiger charge is 2.51. The van der Waals surface area contributed by atoms with Crippen molar-refractivity contribution in [2.45, 2.75) is 49.1 Å². The quantitative estimate of drug-likeness (QED) is 0.187. The lowest BCUT2D eigenvalue weighted by atomic mass is 9.83. The number of nitrogens with zero attached hydrogens (tertiary/aromatic N) is 3. The average Bonchev–Trinajstić information content (AvgIpc) is 3.29. The second-order valence-corrected chi connectivity index (χ2v) is 11.6. The Hall–Kier alpha value is -3.52. The molecule has 5 N–H and O–H groups in total. The topological polar surface area (TPSA) is 194 Å². The first kappa shape index (κ1) is 26.5. The first-order valence-electron chi connectivity index (χ1n) is 12.0. The zero-order valence-corrected chi connectivity index (χ0v) is 20.9. The van der Waals surface area contributed by atoms with Crippen molar-refractivity contribution in [2.24, 2.45) is 5.73 Å². The van der Waals surface area contributed by atoms with Crippen molar-refractivity contribution in [3.8, 4) is 0 Å². The van der Waals surface area contributed by atoms with Crippen molar-refractivity contribution < 1.29 is 32.7 Å². The summed E-state index contributed by atoms with van der Waals surface area (Å²) in [6.45, 7) is -0.128. The molecule has 1 aromatic rings. The van der Waals surface area contributed by atoms with Crippen LogP contribution in [0.5, 0.6) is 0 Å². The summed E-state index contributed by atoms with van der Waals surface area (Å²) in [6.07, 6.45) is 0.531. The van der Waals surface area contributed by atoms with Crippen LogP contribution in [0.3, 0.4) is 0 Å². The number of carboxylic acid groups (broad SMARTS) is 1. The molecule has 1 aromatic carbocycles. The predicted octanol–water partition coefficient (Wildman–Crippen LogP) is -1.31. The number of sulfonamides is 1. The molecular formula is C23H30N6O7S. The number of hydrogen-bond acceptors (Lipinski definition) is 7. The number of piperazine rings is 1. The number of carbonyl (C=O) groups is 4. The van der Waals surface area contributed by atoms with Gasteiger partial charge < -0.3 is 26.0 Å². The van der Waals surface area contributed by atoms with Gasteiger partial charge in [0.2, 0.25) is 21.8 Å². The van der Waals surface area contributed by atoms with Crippen molar-refractivity contribution in [1.29, 1.82) is 5.41 Å². The van der Waals surface area contributed by atoms with Crippen LogP contribution >= 0.6 is 0 Å². The van der Waals surface area contributed by atoms with E-state index >= 15 is 0 Å². The van der Waals surface area contributed by atoms with Crippen molar-refractivity contribution in [2.75, 3.05) is 26.2 Å². The molecule has 0 spiro atoms. The molecule has 0 radical (unpaired) electrons. The zero-order valence-electron chi connectivity index (χ0n) is 20.1. The Morgan fingerprint density at radius 1 is 1.14 bits per heavy atom. The number of ketones is 1. The molecule has 3 fully saturated rings. The fourth-order valence-corrected chi connectivity index (χ4v) is 6.88. The molecule has 0 bridgehead atoms. The van der Waals surface area contributed by atoms with Gasteiger partial charge in [-0.15, -0.1) is 0 Å². The van der Waals surface area contributed by atoms with Crippen LogP contribution in [-0.2, 0) is 35.0 Å². The molecule has 3 aliphatic rings. The average molecular weight is 535 g/mol. The fourth-order valence-electron chi connectivity index (χ4n) is 5.38. The van der Waals surface area contributed by atoms with Crippen molar-refractivity contribution in [1.82, 2.24) is 19.4 Å². The molecule has 37 heavy (non-hydrogen) atoms. The molecule has 4 rings (SSSR count). The van der Waals surface area contributed by atoms with Crippen LogP contribution < -0.4 is 11.1 Å². The number of piperidine rings is 1. The number of benzene rings is 1. The summed E-state index contributed by atoms with van der Waals surface area (Å²) < 4.78 is 27.1. The van der Waals surface area contributed by atoms with Gasteiger partial charge >= 0.3 is 5.97 Å². The highest BCUT2D eigenvalue weighted by atomic mass is 32.2. The highest BCUT2D eigenvalue weighted by Crippen LogP contribution is 2.32. The van der Waals surface area contributed by atoms with Gasteiger partial charge in [-0.1, -0.05) is 30.3 Å². The standard InChI is InChI=1S/C23H30N6O7S/c24-22(25)27-10-8-23(9-11-27,19(31)21(33)34)26-20(32)17-7-6-16-12-28(13-18(30)29(16)17)37(35,36)14-15-4-2-1-3-5-15/h1-5,16-17H,6-14H2,(H3,24,25)(H,26,32)(H,33,34)/t16-,17-/m0/s1. The molecule has 2 amide bonds. The first-order chi connectivity index (χ1) is 17.4. The number of likely N-dealkylation sites (tertiary alicyclic amines) is 1. The van der Waals surface area contributed by atoms with E-state index in [1.54, 1.807) is 30.3 Å². The van der Waals surface area contributed by atoms with Crippen LogP contribution in [0.2, 0.25) is 0 Å². The van der Waals surface area contributed by atoms with Gasteiger partial charge in [0.1, 0.15) is 11.6 Å². The Bertz CT molecular complexity index is 1210. The monoisotopic (exact) mass is 534 g/mol. The van der Waals surface area contributed by atoms with Crippen LogP contribution in [0.15, 0.2) is 30.3 Å². The van der Waals surface area contributed by atoms with Gasteiger partial charge in [0.15, 0.2) is 5.96 Å². The molecule has 14 heteroatoms. The fraction of sp³-hybridized carbons (Fsp3) is 0.522. The molecule has 0 saturated carbocycles. The SMILES string of the molecule is N=C(N)N1CCC(NC(=O)[C@@H]2CC[C@H]3CN(S(=O)(=O)Cc4ccccc4)CC(=O)N32)(C(=O)C(=O)O)CC1. The van der Waals surface area contributed by atoms with Gasteiger partial charge in [-0.2, -0.15) is 4.31 Å². The van der Waals surface area contributed by atoms with E-state index in [2.05, 4.69) is 5.32 Å². The van der Waals surface area contributed by atoms with Gasteiger partial charge in [-0.25, -0.2) is 13.2 Å². The van der Waals surface area contributed by atoms with E-state index in [0.717, 1.165) is 4.31 Å². The van der Waals surface area contributed by atoms with Crippen LogP contribution in [0, 0.1) is 5.41 Å². The number of carbonyl (C=O) groups excluding carboxylic acids is 3. The lowest BCUT2D eigenvalue weighted by Crippen LogP contribution is -2.66. The Morgan fingerprint density at radius 2 is 1.78 bits per heavy atom. The van der Waals surface area contributed by atoms with E-state index in [0.29, 0.717) is 12.0 Å². The number of rotatable bonds is 7. The van der Waals surface area contributed by atoms with Crippen molar-refractivity contribution in [3.63, 3.8) is 0 Å². The summed E-state index contributed by atoms with van der Waals surface area (Å²) >= 11 is 0. The maximum Gasteiger partial charge on any atom is 0.374 e. The van der Waals surface area contributed by atoms with Gasteiger partial charge in [-0.05, 0) is 31.2 Å². The van der Waals surface area contributed by atoms with Crippen LogP contribution in [0.4, 0.5) is 0 Å². The van der Waals surface area contributed by atoms with Gasteiger partial charge in [0.25, 0.3) is 5.78 Å². The minimum Gasteiger partial charge on any atom is -0.475 e. The minimum absolute atomic E-state index is 0.0530. The van der Waals surface area contributed by atoms with Gasteiger partial charge in [-0.3, -0.25) is 19.8 Å². The van der Waals surface area contributed by atoms with E-state index in [1.165, 1.54) is 9.80 Å². The third kappa shape index (κ3) is 5.30. The van der Waals surface area contributed by atoms with Crippen LogP contribution in [0.1, 0.15) is 31.2 Å². The lowest BCUT2D eigenvalue weighted by Gasteiger charge is -2.42. The molecule has 2 atom stereocenters. The summed E-state index contributed by atoms with van der Waals surface area (Å²) in [5.74, 6) is -4.48. The summed E-state index contributed by atoms with van der Waals surface area (Å²) in [4.78, 5) is 53.4. The molecule has 3 saturated heterocycles. The Kier molecular flexibility index (Phi) is 7.24. The number of aliphatic carboxylic acids is 1. The summed E-state index contributed by atoms with van der Waals surface area (Å²) in [7, 11) is -3.77. The van der Waals surface area contributed by atoms with Crippen molar-refractivity contribution >= 4 is 39.5 Å². The third-order valence-electron chi connectivity index (χ3n) is 7.35. The van der Waals surface area contributed by atoms with E-state index in [9.17, 15) is 32.7 Å². The van der Waals surface area contributed by atoms with Crippen LogP contribution in [0.25, 0.3) is 0 Å². The number of amides is 2. The molecule has 13 nitrogen and oxygen atoms in total. The lowest BCUT2D eigenvalue weighted by molar-refractivity contribution is -0.155. The largest absolute Gasteiger partial charge is 0.475 e. The number of Topliss-reactive ketones (excluding diaryl/α,β-unsaturated/α-hetero) is 1. The molecular weight excluding hydrogens is 504 g/mol. The zero-order chi connectivity index (χ0) is 27.0. The van der Waals surface area contributed by atoms with E-state index < -0.39 is 57.8 Å². The number of nitrogens with one attached hydrogen (secondary N) is 2. The first-order valence-corrected chi connectivity index (χ1v) is 13.6. The molecule has 0 aliphatic carbocycles. The summed E-state index contributed by atoms with van der Waals surface area (Å²) in [6, 6.07) is 7.19. The Labute approximate surface area is 214 Å². The molecule has 200 valence electrons. The van der Waals surface area contributed by atoms with E-state index in [4.69, 9.17) is 11.1 Å². The molecule has 0 unspecified atom stereocenters. The molecule has 3 heterocycles. The molecule has 0 aromatic heterocycles. The summed E-state index contributed by atoms with van der Waals surface area (Å²) in [5.41, 5.74) is 4.41. The molecule has 3 aliphatic heterocycles. The maximum atomic E-state index is 13.3. The van der Waals surface area contributed by atoms with Gasteiger partial charge in [0, 0.05) is 25.7 Å². The minimum atomic E-state index is -3.77. The maximum absolute atomic E-state index is 13.3.